The lowest BCUT2D eigenvalue weighted by molar-refractivity contribution is -0.137. The van der Waals surface area contributed by atoms with Crippen LogP contribution in [0.3, 0.4) is 0 Å². The zero-order valence-electron chi connectivity index (χ0n) is 13.9. The fourth-order valence-electron chi connectivity index (χ4n) is 3.05. The van der Waals surface area contributed by atoms with Crippen LogP contribution in [0.4, 0.5) is 24.0 Å². The van der Waals surface area contributed by atoms with Crippen LogP contribution < -0.4 is 10.5 Å². The van der Waals surface area contributed by atoms with E-state index in [0.29, 0.717) is 17.4 Å². The number of hydrogen-bond acceptors (Lipinski definition) is 4. The summed E-state index contributed by atoms with van der Waals surface area (Å²) >= 11 is 1.48. The van der Waals surface area contributed by atoms with E-state index in [1.165, 1.54) is 23.5 Å². The van der Waals surface area contributed by atoms with Crippen molar-refractivity contribution in [3.05, 3.63) is 50.6 Å². The lowest BCUT2D eigenvalue weighted by atomic mass is 10.2. The van der Waals surface area contributed by atoms with Crippen molar-refractivity contribution in [1.29, 1.82) is 0 Å². The van der Waals surface area contributed by atoms with Gasteiger partial charge in [-0.2, -0.15) is 18.2 Å². The quantitative estimate of drug-likeness (QED) is 0.719. The summed E-state index contributed by atoms with van der Waals surface area (Å²) in [6.45, 7) is 2.41. The topological polar surface area (TPSA) is 33.2 Å². The molecule has 0 fully saturated rings. The lowest BCUT2D eigenvalue weighted by Gasteiger charge is -2.22. The van der Waals surface area contributed by atoms with Gasteiger partial charge in [0.25, 0.3) is 5.56 Å². The molecule has 0 amide bonds. The SMILES string of the molecule is CCN(c1ccc(C(F)(F)F)cc1)c1nc(=O)c2c(s1)CCCCC2. The van der Waals surface area contributed by atoms with E-state index in [0.717, 1.165) is 54.7 Å². The molecule has 3 nitrogen and oxygen atoms in total. The smallest absolute Gasteiger partial charge is 0.318 e. The predicted molar refractivity (Wildman–Crippen MR) is 93.8 cm³/mol. The number of aromatic nitrogens is 1. The summed E-state index contributed by atoms with van der Waals surface area (Å²) in [5, 5.41) is 0.549. The molecule has 0 N–H and O–H groups in total. The average Bonchev–Trinajstić information content (AvgIpc) is 2.81. The Labute approximate surface area is 148 Å². The molecule has 3 rings (SSSR count). The number of halogens is 3. The highest BCUT2D eigenvalue weighted by Crippen LogP contribution is 2.34. The number of rotatable bonds is 3. The van der Waals surface area contributed by atoms with Crippen molar-refractivity contribution < 1.29 is 13.2 Å². The van der Waals surface area contributed by atoms with E-state index in [-0.39, 0.29) is 5.56 Å². The predicted octanol–water partition coefficient (Wildman–Crippen LogP) is 4.95. The summed E-state index contributed by atoms with van der Waals surface area (Å²) in [5.74, 6) is 0. The molecule has 0 radical (unpaired) electrons. The first-order valence-electron chi connectivity index (χ1n) is 8.38. The van der Waals surface area contributed by atoms with Crippen molar-refractivity contribution in [2.45, 2.75) is 45.2 Å². The van der Waals surface area contributed by atoms with Crippen LogP contribution in [-0.2, 0) is 19.0 Å². The Morgan fingerprint density at radius 2 is 1.80 bits per heavy atom. The number of nitrogens with zero attached hydrogens (tertiary/aromatic N) is 2. The first-order valence-corrected chi connectivity index (χ1v) is 9.19. The first-order chi connectivity index (χ1) is 11.9. The minimum Gasteiger partial charge on any atom is -0.318 e. The zero-order valence-corrected chi connectivity index (χ0v) is 14.7. The van der Waals surface area contributed by atoms with Gasteiger partial charge in [0, 0.05) is 22.7 Å². The zero-order chi connectivity index (χ0) is 18.0. The van der Waals surface area contributed by atoms with Gasteiger partial charge in [-0.15, -0.1) is 11.3 Å². The van der Waals surface area contributed by atoms with Crippen molar-refractivity contribution in [3.63, 3.8) is 0 Å². The van der Waals surface area contributed by atoms with Crippen LogP contribution in [0.2, 0.25) is 0 Å². The third-order valence-electron chi connectivity index (χ3n) is 4.39. The van der Waals surface area contributed by atoms with Crippen molar-refractivity contribution in [2.75, 3.05) is 11.4 Å². The number of hydrogen-bond donors (Lipinski definition) is 0. The van der Waals surface area contributed by atoms with Gasteiger partial charge in [-0.05, 0) is 56.9 Å². The number of fused-ring (bicyclic) bond motifs is 1. The minimum absolute atomic E-state index is 0.198. The molecule has 1 heterocycles. The Bertz CT molecular complexity index is 799. The molecule has 7 heteroatoms. The normalized spacial score (nSPS) is 14.7. The summed E-state index contributed by atoms with van der Waals surface area (Å²) in [6.07, 6.45) is 0.445. The summed E-state index contributed by atoms with van der Waals surface area (Å²) < 4.78 is 38.2. The van der Waals surface area contributed by atoms with Gasteiger partial charge in [-0.3, -0.25) is 4.79 Å². The molecule has 1 aliphatic rings. The van der Waals surface area contributed by atoms with E-state index in [1.807, 2.05) is 6.92 Å². The van der Waals surface area contributed by atoms with Gasteiger partial charge < -0.3 is 4.90 Å². The third kappa shape index (κ3) is 3.86. The molecule has 1 aliphatic carbocycles. The Morgan fingerprint density at radius 3 is 2.44 bits per heavy atom. The number of aryl methyl sites for hydroxylation is 1. The van der Waals surface area contributed by atoms with E-state index in [2.05, 4.69) is 4.98 Å². The standard InChI is InChI=1S/C18H19F3N2OS/c1-2-23(13-10-8-12(9-11-13)18(19,20)21)17-22-16(24)14-6-4-3-5-7-15(14)25-17/h8-11H,2-7H2,1H3. The highest BCUT2D eigenvalue weighted by molar-refractivity contribution is 7.15. The van der Waals surface area contributed by atoms with Crippen LogP contribution in [0.25, 0.3) is 0 Å². The second kappa shape index (κ2) is 7.15. The van der Waals surface area contributed by atoms with E-state index in [4.69, 9.17) is 0 Å². The largest absolute Gasteiger partial charge is 0.416 e. The van der Waals surface area contributed by atoms with Gasteiger partial charge in [0.15, 0.2) is 5.13 Å². The summed E-state index contributed by atoms with van der Waals surface area (Å²) in [7, 11) is 0. The molecule has 0 saturated heterocycles. The van der Waals surface area contributed by atoms with Gasteiger partial charge in [0.1, 0.15) is 0 Å². The van der Waals surface area contributed by atoms with E-state index >= 15 is 0 Å². The molecule has 134 valence electrons. The van der Waals surface area contributed by atoms with Gasteiger partial charge in [0.05, 0.1) is 5.56 Å². The number of anilines is 2. The lowest BCUT2D eigenvalue weighted by Crippen LogP contribution is -2.22. The molecule has 0 unspecified atom stereocenters. The van der Waals surface area contributed by atoms with Crippen molar-refractivity contribution in [2.24, 2.45) is 0 Å². The van der Waals surface area contributed by atoms with Crippen molar-refractivity contribution in [3.8, 4) is 0 Å². The molecule has 0 atom stereocenters. The molecule has 0 aliphatic heterocycles. The van der Waals surface area contributed by atoms with Gasteiger partial charge in [-0.1, -0.05) is 6.42 Å². The Hall–Kier alpha value is -1.89. The van der Waals surface area contributed by atoms with Gasteiger partial charge >= 0.3 is 6.18 Å². The molecular formula is C18H19F3N2OS. The monoisotopic (exact) mass is 368 g/mol. The van der Waals surface area contributed by atoms with Crippen LogP contribution >= 0.6 is 11.3 Å². The van der Waals surface area contributed by atoms with Gasteiger partial charge in [-0.25, -0.2) is 0 Å². The molecule has 1 aromatic heterocycles. The number of benzene rings is 1. The maximum Gasteiger partial charge on any atom is 0.416 e. The molecule has 25 heavy (non-hydrogen) atoms. The molecule has 2 aromatic rings. The highest BCUT2D eigenvalue weighted by Gasteiger charge is 2.30. The van der Waals surface area contributed by atoms with Crippen molar-refractivity contribution >= 4 is 22.2 Å². The summed E-state index contributed by atoms with van der Waals surface area (Å²) in [5.41, 5.74) is 0.535. The van der Waals surface area contributed by atoms with E-state index in [9.17, 15) is 18.0 Å². The summed E-state index contributed by atoms with van der Waals surface area (Å²) in [4.78, 5) is 19.5. The van der Waals surface area contributed by atoms with Crippen LogP contribution in [0.1, 0.15) is 42.2 Å². The van der Waals surface area contributed by atoms with E-state index in [1.54, 1.807) is 4.90 Å². The Kier molecular flexibility index (Phi) is 5.13. The maximum absolute atomic E-state index is 12.7. The number of alkyl halides is 3. The molecule has 0 spiro atoms. The van der Waals surface area contributed by atoms with Crippen LogP contribution in [0.15, 0.2) is 29.1 Å². The molecular weight excluding hydrogens is 349 g/mol. The maximum atomic E-state index is 12.7. The molecule has 0 saturated carbocycles. The minimum atomic E-state index is -4.36. The van der Waals surface area contributed by atoms with Gasteiger partial charge in [0.2, 0.25) is 0 Å². The second-order valence-electron chi connectivity index (χ2n) is 6.05. The van der Waals surface area contributed by atoms with Crippen molar-refractivity contribution in [1.82, 2.24) is 4.98 Å². The molecule has 1 aromatic carbocycles. The highest BCUT2D eigenvalue weighted by atomic mass is 32.1. The van der Waals surface area contributed by atoms with Crippen LogP contribution in [0.5, 0.6) is 0 Å². The second-order valence-corrected chi connectivity index (χ2v) is 7.11. The average molecular weight is 368 g/mol. The third-order valence-corrected chi connectivity index (χ3v) is 5.58. The van der Waals surface area contributed by atoms with Crippen LogP contribution in [-0.4, -0.2) is 11.5 Å². The fourth-order valence-corrected chi connectivity index (χ4v) is 4.31. The fraction of sp³-hybridized carbons (Fsp3) is 0.444. The van der Waals surface area contributed by atoms with E-state index < -0.39 is 11.7 Å². The first kappa shape index (κ1) is 17.9. The Morgan fingerprint density at radius 1 is 1.12 bits per heavy atom. The summed E-state index contributed by atoms with van der Waals surface area (Å²) in [6, 6.07) is 4.97. The Balaban J connectivity index is 1.97. The van der Waals surface area contributed by atoms with Crippen LogP contribution in [0, 0.1) is 0 Å². The molecule has 0 bridgehead atoms.